The van der Waals surface area contributed by atoms with E-state index in [0.717, 1.165) is 5.56 Å². The van der Waals surface area contributed by atoms with Gasteiger partial charge < -0.3 is 0 Å². The summed E-state index contributed by atoms with van der Waals surface area (Å²) < 4.78 is 0. The standard InChI is InChI=1S/C20H12Cl2/c21-16-10-15(11-17(22)12-16)20-18-7-3-1-5-13(18)9-14-6-2-4-8-19(14)20/h1-12H. The molecule has 0 radical (unpaired) electrons. The van der Waals surface area contributed by atoms with E-state index in [-0.39, 0.29) is 0 Å². The molecule has 0 N–H and O–H groups in total. The summed E-state index contributed by atoms with van der Waals surface area (Å²) in [6, 6.07) is 24.7. The van der Waals surface area contributed by atoms with Gasteiger partial charge in [-0.2, -0.15) is 0 Å². The molecule has 106 valence electrons. The van der Waals surface area contributed by atoms with Crippen LogP contribution in [0.1, 0.15) is 0 Å². The zero-order valence-electron chi connectivity index (χ0n) is 11.7. The van der Waals surface area contributed by atoms with Crippen LogP contribution >= 0.6 is 23.2 Å². The van der Waals surface area contributed by atoms with Crippen LogP contribution < -0.4 is 0 Å². The molecule has 22 heavy (non-hydrogen) atoms. The van der Waals surface area contributed by atoms with Crippen LogP contribution in [0.25, 0.3) is 32.7 Å². The first-order valence-electron chi connectivity index (χ1n) is 7.09. The quantitative estimate of drug-likeness (QED) is 0.332. The Bertz CT molecular complexity index is 929. The van der Waals surface area contributed by atoms with E-state index in [9.17, 15) is 0 Å². The maximum Gasteiger partial charge on any atom is 0.0426 e. The van der Waals surface area contributed by atoms with Crippen LogP contribution in [0.15, 0.2) is 72.8 Å². The van der Waals surface area contributed by atoms with Crippen molar-refractivity contribution in [1.82, 2.24) is 0 Å². The zero-order valence-corrected chi connectivity index (χ0v) is 13.2. The highest BCUT2D eigenvalue weighted by Crippen LogP contribution is 2.38. The molecule has 4 aromatic carbocycles. The summed E-state index contributed by atoms with van der Waals surface area (Å²) in [4.78, 5) is 0. The lowest BCUT2D eigenvalue weighted by Crippen LogP contribution is -1.86. The van der Waals surface area contributed by atoms with E-state index in [4.69, 9.17) is 23.2 Å². The van der Waals surface area contributed by atoms with Gasteiger partial charge in [0.25, 0.3) is 0 Å². The summed E-state index contributed by atoms with van der Waals surface area (Å²) in [5.74, 6) is 0. The fourth-order valence-corrected chi connectivity index (χ4v) is 3.55. The Hall–Kier alpha value is -2.02. The minimum atomic E-state index is 0.652. The Kier molecular flexibility index (Phi) is 3.29. The Balaban J connectivity index is 2.21. The Labute approximate surface area is 138 Å². The normalized spacial score (nSPS) is 11.2. The molecule has 0 atom stereocenters. The number of hydrogen-bond acceptors (Lipinski definition) is 0. The van der Waals surface area contributed by atoms with Crippen molar-refractivity contribution < 1.29 is 0 Å². The van der Waals surface area contributed by atoms with Crippen molar-refractivity contribution in [2.75, 3.05) is 0 Å². The van der Waals surface area contributed by atoms with E-state index in [1.165, 1.54) is 27.1 Å². The molecule has 0 spiro atoms. The molecule has 0 aliphatic carbocycles. The molecule has 0 fully saturated rings. The summed E-state index contributed by atoms with van der Waals surface area (Å²) in [6.07, 6.45) is 0. The van der Waals surface area contributed by atoms with E-state index in [1.54, 1.807) is 6.07 Å². The summed E-state index contributed by atoms with van der Waals surface area (Å²) in [7, 11) is 0. The average molecular weight is 323 g/mol. The van der Waals surface area contributed by atoms with Gasteiger partial charge in [-0.3, -0.25) is 0 Å². The summed E-state index contributed by atoms with van der Waals surface area (Å²) in [6.45, 7) is 0. The number of rotatable bonds is 1. The minimum absolute atomic E-state index is 0.652. The lowest BCUT2D eigenvalue weighted by Gasteiger charge is -2.12. The molecule has 4 aromatic rings. The van der Waals surface area contributed by atoms with Gasteiger partial charge in [-0.05, 0) is 56.9 Å². The lowest BCUT2D eigenvalue weighted by molar-refractivity contribution is 1.67. The van der Waals surface area contributed by atoms with Crippen LogP contribution in [0.5, 0.6) is 0 Å². The van der Waals surface area contributed by atoms with Crippen LogP contribution in [0.2, 0.25) is 10.0 Å². The monoisotopic (exact) mass is 322 g/mol. The predicted octanol–water partition coefficient (Wildman–Crippen LogP) is 6.97. The highest BCUT2D eigenvalue weighted by molar-refractivity contribution is 6.35. The number of hydrogen-bond donors (Lipinski definition) is 0. The first-order chi connectivity index (χ1) is 10.7. The van der Waals surface area contributed by atoms with Gasteiger partial charge in [-0.15, -0.1) is 0 Å². The molecule has 0 nitrogen and oxygen atoms in total. The van der Waals surface area contributed by atoms with E-state index in [1.807, 2.05) is 12.1 Å². The van der Waals surface area contributed by atoms with Crippen LogP contribution in [0.4, 0.5) is 0 Å². The Morgan fingerprint density at radius 2 is 1.05 bits per heavy atom. The molecule has 0 heterocycles. The second kappa shape index (κ2) is 5.31. The zero-order chi connectivity index (χ0) is 15.1. The fourth-order valence-electron chi connectivity index (χ4n) is 3.02. The molecule has 0 saturated carbocycles. The summed E-state index contributed by atoms with van der Waals surface area (Å²) in [5.41, 5.74) is 2.23. The van der Waals surface area contributed by atoms with Gasteiger partial charge in [0, 0.05) is 10.0 Å². The molecule has 0 bridgehead atoms. The van der Waals surface area contributed by atoms with E-state index in [2.05, 4.69) is 54.6 Å². The molecule has 0 amide bonds. The van der Waals surface area contributed by atoms with Gasteiger partial charge >= 0.3 is 0 Å². The first kappa shape index (κ1) is 13.6. The van der Waals surface area contributed by atoms with Gasteiger partial charge in [0.2, 0.25) is 0 Å². The van der Waals surface area contributed by atoms with Crippen LogP contribution in [-0.2, 0) is 0 Å². The van der Waals surface area contributed by atoms with Gasteiger partial charge in [0.15, 0.2) is 0 Å². The molecule has 0 aromatic heterocycles. The minimum Gasteiger partial charge on any atom is -0.0843 e. The summed E-state index contributed by atoms with van der Waals surface area (Å²) in [5, 5.41) is 6.15. The molecule has 4 rings (SSSR count). The Morgan fingerprint density at radius 3 is 1.59 bits per heavy atom. The smallest absolute Gasteiger partial charge is 0.0426 e. The van der Waals surface area contributed by atoms with E-state index < -0.39 is 0 Å². The lowest BCUT2D eigenvalue weighted by atomic mass is 9.92. The third kappa shape index (κ3) is 2.25. The van der Waals surface area contributed by atoms with Crippen molar-refractivity contribution in [2.45, 2.75) is 0 Å². The van der Waals surface area contributed by atoms with Gasteiger partial charge in [0.05, 0.1) is 0 Å². The number of benzene rings is 4. The van der Waals surface area contributed by atoms with Crippen molar-refractivity contribution in [2.24, 2.45) is 0 Å². The van der Waals surface area contributed by atoms with Gasteiger partial charge in [0.1, 0.15) is 0 Å². The maximum absolute atomic E-state index is 6.22. The molecular formula is C20H12Cl2. The van der Waals surface area contributed by atoms with Gasteiger partial charge in [-0.25, -0.2) is 0 Å². The molecule has 0 saturated heterocycles. The molecular weight excluding hydrogens is 311 g/mol. The predicted molar refractivity (Wildman–Crippen MR) is 96.9 cm³/mol. The highest BCUT2D eigenvalue weighted by Gasteiger charge is 2.10. The Morgan fingerprint density at radius 1 is 0.545 bits per heavy atom. The van der Waals surface area contributed by atoms with E-state index >= 15 is 0 Å². The van der Waals surface area contributed by atoms with Crippen molar-refractivity contribution in [1.29, 1.82) is 0 Å². The van der Waals surface area contributed by atoms with Crippen molar-refractivity contribution in [3.63, 3.8) is 0 Å². The highest BCUT2D eigenvalue weighted by atomic mass is 35.5. The molecule has 0 aliphatic heterocycles. The second-order valence-corrected chi connectivity index (χ2v) is 6.22. The van der Waals surface area contributed by atoms with Crippen molar-refractivity contribution in [3.8, 4) is 11.1 Å². The van der Waals surface area contributed by atoms with E-state index in [0.29, 0.717) is 10.0 Å². The van der Waals surface area contributed by atoms with Crippen LogP contribution in [0.3, 0.4) is 0 Å². The molecule has 0 unspecified atom stereocenters. The van der Waals surface area contributed by atoms with Crippen LogP contribution in [0, 0.1) is 0 Å². The topological polar surface area (TPSA) is 0 Å². The number of fused-ring (bicyclic) bond motifs is 2. The van der Waals surface area contributed by atoms with Crippen molar-refractivity contribution >= 4 is 44.7 Å². The number of halogens is 2. The SMILES string of the molecule is Clc1cc(Cl)cc(-c2c3ccccc3cc3ccccc23)c1. The maximum atomic E-state index is 6.22. The van der Waals surface area contributed by atoms with Crippen LogP contribution in [-0.4, -0.2) is 0 Å². The molecule has 0 aliphatic rings. The first-order valence-corrected chi connectivity index (χ1v) is 7.85. The average Bonchev–Trinajstić information content (AvgIpc) is 2.51. The third-order valence-electron chi connectivity index (χ3n) is 3.92. The fraction of sp³-hybridized carbons (Fsp3) is 0. The second-order valence-electron chi connectivity index (χ2n) is 5.35. The third-order valence-corrected chi connectivity index (χ3v) is 4.36. The van der Waals surface area contributed by atoms with Crippen molar-refractivity contribution in [3.05, 3.63) is 82.8 Å². The molecule has 2 heteroatoms. The largest absolute Gasteiger partial charge is 0.0843 e. The van der Waals surface area contributed by atoms with Gasteiger partial charge in [-0.1, -0.05) is 71.7 Å². The summed E-state index contributed by atoms with van der Waals surface area (Å²) >= 11 is 12.4.